The third-order valence-electron chi connectivity index (χ3n) is 5.33. The normalized spacial score (nSPS) is 17.9. The largest absolute Gasteiger partial charge is 0.376 e. The van der Waals surface area contributed by atoms with E-state index < -0.39 is 0 Å². The minimum absolute atomic E-state index is 0. The van der Waals surface area contributed by atoms with Crippen LogP contribution in [0.15, 0.2) is 41.4 Å². The Balaban J connectivity index is 0.00000280. The Labute approximate surface area is 187 Å². The van der Waals surface area contributed by atoms with Crippen LogP contribution in [0.4, 0.5) is 5.69 Å². The van der Waals surface area contributed by atoms with Crippen LogP contribution in [0.2, 0.25) is 0 Å². The van der Waals surface area contributed by atoms with Gasteiger partial charge in [0.05, 0.1) is 12.7 Å². The predicted molar refractivity (Wildman–Crippen MR) is 129 cm³/mol. The lowest BCUT2D eigenvalue weighted by Crippen LogP contribution is -2.39. The molecule has 1 aromatic rings. The van der Waals surface area contributed by atoms with Crippen LogP contribution >= 0.6 is 24.0 Å². The van der Waals surface area contributed by atoms with E-state index in [9.17, 15) is 0 Å². The molecular weight excluding hydrogens is 463 g/mol. The Morgan fingerprint density at radius 3 is 2.57 bits per heavy atom. The summed E-state index contributed by atoms with van der Waals surface area (Å²) in [4.78, 5) is 6.68. The van der Waals surface area contributed by atoms with Gasteiger partial charge in [0, 0.05) is 38.9 Å². The molecule has 1 aromatic carbocycles. The molecule has 1 saturated carbocycles. The predicted octanol–water partition coefficient (Wildman–Crippen LogP) is 4.09. The third kappa shape index (κ3) is 7.62. The maximum absolute atomic E-state index is 6.04. The molecule has 5 nitrogen and oxygen atoms in total. The summed E-state index contributed by atoms with van der Waals surface area (Å²) in [6, 6.07) is 8.71. The monoisotopic (exact) mass is 498 g/mol. The van der Waals surface area contributed by atoms with E-state index in [2.05, 4.69) is 56.9 Å². The summed E-state index contributed by atoms with van der Waals surface area (Å²) in [5.41, 5.74) is 2.54. The highest BCUT2D eigenvalue weighted by molar-refractivity contribution is 14.0. The summed E-state index contributed by atoms with van der Waals surface area (Å²) in [6.45, 7) is 4.29. The number of hydrogen-bond acceptors (Lipinski definition) is 3. The first kappa shape index (κ1) is 23.0. The number of rotatable bonds is 7. The second-order valence-corrected chi connectivity index (χ2v) is 7.38. The number of guanidine groups is 1. The van der Waals surface area contributed by atoms with Crippen LogP contribution in [0.3, 0.4) is 0 Å². The summed E-state index contributed by atoms with van der Waals surface area (Å²) < 4.78 is 6.04. The average molecular weight is 498 g/mol. The molecule has 0 atom stereocenters. The Bertz CT molecular complexity index is 619. The van der Waals surface area contributed by atoms with Gasteiger partial charge in [-0.3, -0.25) is 4.99 Å². The first-order valence-electron chi connectivity index (χ1n) is 10.4. The van der Waals surface area contributed by atoms with E-state index in [1.54, 1.807) is 0 Å². The molecule has 0 spiro atoms. The van der Waals surface area contributed by atoms with Crippen LogP contribution in [0.1, 0.15) is 44.1 Å². The molecule has 28 heavy (non-hydrogen) atoms. The van der Waals surface area contributed by atoms with Crippen molar-refractivity contribution in [1.29, 1.82) is 0 Å². The van der Waals surface area contributed by atoms with Gasteiger partial charge in [0.1, 0.15) is 0 Å². The van der Waals surface area contributed by atoms with Gasteiger partial charge >= 0.3 is 0 Å². The SMILES string of the molecule is CN=C(NCCOC1CCCCCC1)NCc1cccc(N2CC=CC2)c1.I. The second-order valence-electron chi connectivity index (χ2n) is 7.38. The molecule has 1 fully saturated rings. The number of anilines is 1. The molecule has 2 N–H and O–H groups in total. The van der Waals surface area contributed by atoms with Crippen LogP contribution in [-0.2, 0) is 11.3 Å². The number of ether oxygens (including phenoxy) is 1. The van der Waals surface area contributed by atoms with Crippen molar-refractivity contribution in [3.8, 4) is 0 Å². The number of hydrogen-bond donors (Lipinski definition) is 2. The van der Waals surface area contributed by atoms with Crippen molar-refractivity contribution in [2.75, 3.05) is 38.2 Å². The zero-order valence-corrected chi connectivity index (χ0v) is 19.4. The average Bonchev–Trinajstić information content (AvgIpc) is 3.12. The van der Waals surface area contributed by atoms with Gasteiger partial charge in [0.2, 0.25) is 0 Å². The first-order valence-corrected chi connectivity index (χ1v) is 10.4. The molecule has 1 heterocycles. The fraction of sp³-hybridized carbons (Fsp3) is 0.591. The van der Waals surface area contributed by atoms with E-state index in [1.807, 2.05) is 7.05 Å². The molecule has 0 aromatic heterocycles. The van der Waals surface area contributed by atoms with Crippen molar-refractivity contribution in [2.45, 2.75) is 51.2 Å². The summed E-state index contributed by atoms with van der Waals surface area (Å²) in [5.74, 6) is 0.827. The number of nitrogens with one attached hydrogen (secondary N) is 2. The van der Waals surface area contributed by atoms with Crippen molar-refractivity contribution < 1.29 is 4.74 Å². The lowest BCUT2D eigenvalue weighted by Gasteiger charge is -2.19. The highest BCUT2D eigenvalue weighted by Crippen LogP contribution is 2.20. The van der Waals surface area contributed by atoms with E-state index in [1.165, 1.54) is 49.8 Å². The summed E-state index contributed by atoms with van der Waals surface area (Å²) in [5, 5.41) is 6.76. The Hall–Kier alpha value is -1.28. The highest BCUT2D eigenvalue weighted by Gasteiger charge is 2.12. The van der Waals surface area contributed by atoms with E-state index >= 15 is 0 Å². The van der Waals surface area contributed by atoms with Crippen LogP contribution in [-0.4, -0.2) is 45.4 Å². The van der Waals surface area contributed by atoms with Crippen molar-refractivity contribution in [2.24, 2.45) is 4.99 Å². The molecule has 0 unspecified atom stereocenters. The Kier molecular flexibility index (Phi) is 10.7. The molecule has 0 radical (unpaired) electrons. The quantitative estimate of drug-likeness (QED) is 0.149. The number of nitrogens with zero attached hydrogens (tertiary/aromatic N) is 2. The van der Waals surface area contributed by atoms with Gasteiger partial charge in [0.25, 0.3) is 0 Å². The number of aliphatic imine (C=N–C) groups is 1. The van der Waals surface area contributed by atoms with Crippen molar-refractivity contribution in [3.63, 3.8) is 0 Å². The highest BCUT2D eigenvalue weighted by atomic mass is 127. The van der Waals surface area contributed by atoms with Gasteiger partial charge in [-0.2, -0.15) is 0 Å². The zero-order valence-electron chi connectivity index (χ0n) is 17.0. The fourth-order valence-electron chi connectivity index (χ4n) is 3.76. The van der Waals surface area contributed by atoms with E-state index in [0.29, 0.717) is 6.10 Å². The molecule has 3 rings (SSSR count). The minimum Gasteiger partial charge on any atom is -0.376 e. The van der Waals surface area contributed by atoms with Crippen molar-refractivity contribution in [3.05, 3.63) is 42.0 Å². The second kappa shape index (κ2) is 13.0. The van der Waals surface area contributed by atoms with Crippen LogP contribution in [0.5, 0.6) is 0 Å². The molecule has 156 valence electrons. The Morgan fingerprint density at radius 1 is 1.11 bits per heavy atom. The number of benzene rings is 1. The number of halogens is 1. The van der Waals surface area contributed by atoms with Gasteiger partial charge in [0.15, 0.2) is 5.96 Å². The third-order valence-corrected chi connectivity index (χ3v) is 5.33. The topological polar surface area (TPSA) is 48.9 Å². The maximum Gasteiger partial charge on any atom is 0.191 e. The summed E-state index contributed by atoms with van der Waals surface area (Å²) in [7, 11) is 1.81. The van der Waals surface area contributed by atoms with Crippen LogP contribution in [0, 0.1) is 0 Å². The van der Waals surface area contributed by atoms with Gasteiger partial charge in [-0.05, 0) is 30.5 Å². The van der Waals surface area contributed by atoms with Crippen molar-refractivity contribution >= 4 is 35.6 Å². The molecule has 1 aliphatic carbocycles. The molecule has 6 heteroatoms. The molecule has 1 aliphatic heterocycles. The molecule has 0 bridgehead atoms. The molecule has 0 amide bonds. The standard InChI is InChI=1S/C22H34N4O.HI/c1-23-22(24-13-16-27-21-11-4-2-3-5-12-21)25-18-19-9-8-10-20(17-19)26-14-6-7-15-26;/h6-10,17,21H,2-5,11-16,18H2,1H3,(H2,23,24,25);1H. The van der Waals surface area contributed by atoms with Gasteiger partial charge in [-0.25, -0.2) is 0 Å². The lowest BCUT2D eigenvalue weighted by atomic mass is 10.1. The van der Waals surface area contributed by atoms with E-state index in [-0.39, 0.29) is 24.0 Å². The Morgan fingerprint density at radius 2 is 1.86 bits per heavy atom. The smallest absolute Gasteiger partial charge is 0.191 e. The van der Waals surface area contributed by atoms with E-state index in [0.717, 1.165) is 38.7 Å². The zero-order chi connectivity index (χ0) is 18.7. The summed E-state index contributed by atoms with van der Waals surface area (Å²) >= 11 is 0. The molecule has 0 saturated heterocycles. The summed E-state index contributed by atoms with van der Waals surface area (Å²) in [6.07, 6.45) is 12.7. The van der Waals surface area contributed by atoms with E-state index in [4.69, 9.17) is 4.74 Å². The molecule has 2 aliphatic rings. The van der Waals surface area contributed by atoms with Crippen LogP contribution < -0.4 is 15.5 Å². The first-order chi connectivity index (χ1) is 13.3. The van der Waals surface area contributed by atoms with Gasteiger partial charge in [-0.1, -0.05) is 50.0 Å². The fourth-order valence-corrected chi connectivity index (χ4v) is 3.76. The van der Waals surface area contributed by atoms with Gasteiger partial charge in [-0.15, -0.1) is 24.0 Å². The lowest BCUT2D eigenvalue weighted by molar-refractivity contribution is 0.0468. The molecular formula is C22H35IN4O. The minimum atomic E-state index is 0. The van der Waals surface area contributed by atoms with Crippen LogP contribution in [0.25, 0.3) is 0 Å². The van der Waals surface area contributed by atoms with Crippen molar-refractivity contribution in [1.82, 2.24) is 10.6 Å². The van der Waals surface area contributed by atoms with Gasteiger partial charge < -0.3 is 20.3 Å². The maximum atomic E-state index is 6.04.